The molecule has 0 aromatic carbocycles. The summed E-state index contributed by atoms with van der Waals surface area (Å²) in [6, 6.07) is 0.125. The summed E-state index contributed by atoms with van der Waals surface area (Å²) in [5, 5.41) is 0. The van der Waals surface area contributed by atoms with E-state index in [-0.39, 0.29) is 24.3 Å². The zero-order valence-corrected chi connectivity index (χ0v) is 10.2. The number of hydrogen-bond donors (Lipinski definition) is 0. The molecule has 2 saturated heterocycles. The van der Waals surface area contributed by atoms with Crippen LogP contribution in [0.25, 0.3) is 0 Å². The Morgan fingerprint density at radius 1 is 1.00 bits per heavy atom. The van der Waals surface area contributed by atoms with Crippen LogP contribution in [-0.2, 0) is 14.0 Å². The van der Waals surface area contributed by atoms with E-state index in [1.54, 1.807) is 0 Å². The van der Waals surface area contributed by atoms with Crippen LogP contribution in [0.1, 0.15) is 47.0 Å². The van der Waals surface area contributed by atoms with Crippen LogP contribution in [0, 0.1) is 0 Å². The first-order valence-corrected chi connectivity index (χ1v) is 5.90. The molecule has 2 fully saturated rings. The number of rotatable bonds is 1. The van der Waals surface area contributed by atoms with E-state index >= 15 is 0 Å². The third kappa shape index (κ3) is 2.08. The lowest BCUT2D eigenvalue weighted by Crippen LogP contribution is -2.41. The molecule has 0 aromatic heterocycles. The van der Waals surface area contributed by atoms with Gasteiger partial charge >= 0.3 is 7.12 Å². The van der Waals surface area contributed by atoms with Crippen LogP contribution in [0.2, 0.25) is 0 Å². The van der Waals surface area contributed by atoms with Crippen LogP contribution in [0.15, 0.2) is 0 Å². The maximum atomic E-state index is 5.96. The highest BCUT2D eigenvalue weighted by Crippen LogP contribution is 2.38. The molecule has 1 unspecified atom stereocenters. The van der Waals surface area contributed by atoms with Crippen molar-refractivity contribution < 1.29 is 14.0 Å². The Balaban J connectivity index is 2.02. The summed E-state index contributed by atoms with van der Waals surface area (Å²) in [7, 11) is -0.185. The fourth-order valence-electron chi connectivity index (χ4n) is 2.02. The van der Waals surface area contributed by atoms with E-state index in [0.717, 1.165) is 19.4 Å². The molecule has 2 heterocycles. The van der Waals surface area contributed by atoms with E-state index in [0.29, 0.717) is 0 Å². The van der Waals surface area contributed by atoms with Crippen LogP contribution in [0.3, 0.4) is 0 Å². The van der Waals surface area contributed by atoms with Crippen molar-refractivity contribution in [3.05, 3.63) is 0 Å². The van der Waals surface area contributed by atoms with Gasteiger partial charge in [0, 0.05) is 6.61 Å². The van der Waals surface area contributed by atoms with E-state index < -0.39 is 0 Å². The molecule has 0 radical (unpaired) electrons. The smallest absolute Gasteiger partial charge is 0.402 e. The minimum Gasteiger partial charge on any atom is -0.402 e. The van der Waals surface area contributed by atoms with Crippen molar-refractivity contribution in [2.24, 2.45) is 0 Å². The first-order valence-electron chi connectivity index (χ1n) is 5.90. The minimum atomic E-state index is -0.238. The molecule has 2 rings (SSSR count). The molecule has 0 saturated carbocycles. The Morgan fingerprint density at radius 2 is 1.60 bits per heavy atom. The molecule has 86 valence electrons. The zero-order chi connectivity index (χ0) is 11.1. The third-order valence-corrected chi connectivity index (χ3v) is 3.79. The zero-order valence-electron chi connectivity index (χ0n) is 10.2. The predicted octanol–water partition coefficient (Wildman–Crippen LogP) is 2.19. The van der Waals surface area contributed by atoms with Crippen molar-refractivity contribution in [3.8, 4) is 0 Å². The standard InChI is InChI=1S/C11H21BO3/c1-10(2)11(3,4)15-12(14-10)9-7-5-6-8-13-9/h9H,5-8H2,1-4H3. The van der Waals surface area contributed by atoms with Gasteiger partial charge in [-0.3, -0.25) is 0 Å². The topological polar surface area (TPSA) is 27.7 Å². The van der Waals surface area contributed by atoms with Gasteiger partial charge in [-0.1, -0.05) is 0 Å². The largest absolute Gasteiger partial charge is 0.488 e. The lowest BCUT2D eigenvalue weighted by Gasteiger charge is -2.32. The summed E-state index contributed by atoms with van der Waals surface area (Å²) in [5.41, 5.74) is -0.475. The SMILES string of the molecule is CC1(C)OB(C2CCCCO2)OC1(C)C. The fraction of sp³-hybridized carbons (Fsp3) is 1.00. The van der Waals surface area contributed by atoms with Crippen molar-refractivity contribution in [1.29, 1.82) is 0 Å². The first kappa shape index (κ1) is 11.4. The second-order valence-electron chi connectivity index (χ2n) is 5.53. The Kier molecular flexibility index (Phi) is 2.86. The number of hydrogen-bond acceptors (Lipinski definition) is 3. The van der Waals surface area contributed by atoms with E-state index in [1.807, 2.05) is 0 Å². The fourth-order valence-corrected chi connectivity index (χ4v) is 2.02. The monoisotopic (exact) mass is 212 g/mol. The molecule has 2 aliphatic heterocycles. The lowest BCUT2D eigenvalue weighted by atomic mass is 9.77. The first-order chi connectivity index (χ1) is 6.92. The van der Waals surface area contributed by atoms with Crippen molar-refractivity contribution in [1.82, 2.24) is 0 Å². The molecular formula is C11H21BO3. The summed E-state index contributed by atoms with van der Waals surface area (Å²) < 4.78 is 17.6. The molecule has 3 nitrogen and oxygen atoms in total. The maximum Gasteiger partial charge on any atom is 0.488 e. The van der Waals surface area contributed by atoms with Gasteiger partial charge in [0.1, 0.15) is 0 Å². The van der Waals surface area contributed by atoms with E-state index in [9.17, 15) is 0 Å². The molecule has 2 aliphatic rings. The second-order valence-corrected chi connectivity index (χ2v) is 5.53. The van der Waals surface area contributed by atoms with E-state index in [1.165, 1.54) is 6.42 Å². The van der Waals surface area contributed by atoms with Gasteiger partial charge in [0.05, 0.1) is 17.2 Å². The molecule has 0 amide bonds. The van der Waals surface area contributed by atoms with Gasteiger partial charge in [-0.25, -0.2) is 0 Å². The summed E-state index contributed by atoms with van der Waals surface area (Å²) in [4.78, 5) is 0. The molecule has 0 spiro atoms. The molecule has 0 aliphatic carbocycles. The van der Waals surface area contributed by atoms with E-state index in [4.69, 9.17) is 14.0 Å². The van der Waals surface area contributed by atoms with Crippen LogP contribution < -0.4 is 0 Å². The molecular weight excluding hydrogens is 191 g/mol. The van der Waals surface area contributed by atoms with Gasteiger partial charge in [0.15, 0.2) is 0 Å². The number of ether oxygens (including phenoxy) is 1. The Bertz CT molecular complexity index is 218. The quantitative estimate of drug-likeness (QED) is 0.623. The van der Waals surface area contributed by atoms with Crippen molar-refractivity contribution in [2.75, 3.05) is 6.61 Å². The van der Waals surface area contributed by atoms with Gasteiger partial charge < -0.3 is 14.0 Å². The van der Waals surface area contributed by atoms with Gasteiger partial charge in [-0.2, -0.15) is 0 Å². The van der Waals surface area contributed by atoms with Crippen molar-refractivity contribution in [2.45, 2.75) is 64.2 Å². The normalized spacial score (nSPS) is 34.4. The van der Waals surface area contributed by atoms with Crippen LogP contribution in [-0.4, -0.2) is 30.9 Å². The average Bonchev–Trinajstić information content (AvgIpc) is 2.38. The Morgan fingerprint density at radius 3 is 2.07 bits per heavy atom. The molecule has 0 bridgehead atoms. The third-order valence-electron chi connectivity index (χ3n) is 3.79. The predicted molar refractivity (Wildman–Crippen MR) is 59.7 cm³/mol. The van der Waals surface area contributed by atoms with Gasteiger partial charge in [-0.15, -0.1) is 0 Å². The summed E-state index contributed by atoms with van der Waals surface area (Å²) >= 11 is 0. The van der Waals surface area contributed by atoms with Crippen LogP contribution in [0.5, 0.6) is 0 Å². The molecule has 0 N–H and O–H groups in total. The Labute approximate surface area is 92.6 Å². The van der Waals surface area contributed by atoms with Crippen LogP contribution in [0.4, 0.5) is 0 Å². The summed E-state index contributed by atoms with van der Waals surface area (Å²) in [6.07, 6.45) is 3.43. The highest BCUT2D eigenvalue weighted by molar-refractivity contribution is 6.47. The highest BCUT2D eigenvalue weighted by atomic mass is 16.7. The van der Waals surface area contributed by atoms with Gasteiger partial charge in [0.25, 0.3) is 0 Å². The summed E-state index contributed by atoms with van der Waals surface area (Å²) in [5.74, 6) is 0. The minimum absolute atomic E-state index is 0.125. The van der Waals surface area contributed by atoms with Crippen molar-refractivity contribution >= 4 is 7.12 Å². The summed E-state index contributed by atoms with van der Waals surface area (Å²) in [6.45, 7) is 9.16. The molecule has 15 heavy (non-hydrogen) atoms. The van der Waals surface area contributed by atoms with Gasteiger partial charge in [-0.05, 0) is 47.0 Å². The van der Waals surface area contributed by atoms with Crippen molar-refractivity contribution in [3.63, 3.8) is 0 Å². The van der Waals surface area contributed by atoms with E-state index in [2.05, 4.69) is 27.7 Å². The lowest BCUT2D eigenvalue weighted by molar-refractivity contribution is 0.00578. The molecule has 4 heteroatoms. The molecule has 1 atom stereocenters. The second kappa shape index (κ2) is 3.76. The average molecular weight is 212 g/mol. The maximum absolute atomic E-state index is 5.96. The van der Waals surface area contributed by atoms with Crippen LogP contribution >= 0.6 is 0 Å². The van der Waals surface area contributed by atoms with Gasteiger partial charge in [0.2, 0.25) is 0 Å². The Hall–Kier alpha value is -0.0551. The molecule has 0 aromatic rings. The highest BCUT2D eigenvalue weighted by Gasteiger charge is 2.54.